The summed E-state index contributed by atoms with van der Waals surface area (Å²) in [5, 5.41) is 12.6. The molecule has 0 aromatic carbocycles. The monoisotopic (exact) mass is 287 g/mol. The summed E-state index contributed by atoms with van der Waals surface area (Å²) >= 11 is 5.90. The highest BCUT2D eigenvalue weighted by Crippen LogP contribution is 2.26. The van der Waals surface area contributed by atoms with Crippen molar-refractivity contribution in [2.24, 2.45) is 12.5 Å². The molecule has 0 radical (unpaired) electrons. The van der Waals surface area contributed by atoms with Crippen LogP contribution in [-0.2, 0) is 18.4 Å². The molecule has 0 atom stereocenters. The summed E-state index contributed by atoms with van der Waals surface area (Å²) in [5.41, 5.74) is 0.0324. The summed E-state index contributed by atoms with van der Waals surface area (Å²) < 4.78 is 1.84. The molecule has 0 unspecified atom stereocenters. The third-order valence-corrected chi connectivity index (χ3v) is 3.66. The maximum absolute atomic E-state index is 10.6. The lowest BCUT2D eigenvalue weighted by molar-refractivity contribution is -0.137. The Balaban J connectivity index is 2.26. The smallest absolute Gasteiger partial charge is 0.303 e. The fourth-order valence-electron chi connectivity index (χ4n) is 1.79. The first-order valence-electron chi connectivity index (χ1n) is 6.40. The van der Waals surface area contributed by atoms with Gasteiger partial charge in [0.1, 0.15) is 11.0 Å². The van der Waals surface area contributed by atoms with Crippen LogP contribution in [0.1, 0.15) is 38.9 Å². The zero-order chi connectivity index (χ0) is 14.5. The fourth-order valence-corrected chi connectivity index (χ4v) is 1.93. The van der Waals surface area contributed by atoms with Gasteiger partial charge in [0.05, 0.1) is 12.7 Å². The average molecular weight is 288 g/mol. The maximum Gasteiger partial charge on any atom is 0.303 e. The summed E-state index contributed by atoms with van der Waals surface area (Å²) in [5.74, 6) is 0.164. The second kappa shape index (κ2) is 6.91. The van der Waals surface area contributed by atoms with Gasteiger partial charge in [-0.25, -0.2) is 4.98 Å². The van der Waals surface area contributed by atoms with Crippen molar-refractivity contribution >= 4 is 17.6 Å². The zero-order valence-electron chi connectivity index (χ0n) is 11.7. The minimum absolute atomic E-state index is 0.0324. The molecule has 0 amide bonds. The zero-order valence-corrected chi connectivity index (χ0v) is 12.5. The molecule has 108 valence electrons. The number of imidazole rings is 1. The number of halogens is 1. The number of carboxylic acid groups (broad SMARTS) is 1. The lowest BCUT2D eigenvalue weighted by Gasteiger charge is -2.23. The number of rotatable bonds is 8. The van der Waals surface area contributed by atoms with Crippen molar-refractivity contribution in [2.75, 3.05) is 6.54 Å². The molecule has 19 heavy (non-hydrogen) atoms. The van der Waals surface area contributed by atoms with E-state index in [4.69, 9.17) is 16.7 Å². The second-order valence-electron chi connectivity index (χ2n) is 5.54. The summed E-state index contributed by atoms with van der Waals surface area (Å²) in [6.07, 6.45) is 3.48. The predicted molar refractivity (Wildman–Crippen MR) is 75.2 cm³/mol. The number of nitrogens with zero attached hydrogens (tertiary/aromatic N) is 2. The first-order valence-corrected chi connectivity index (χ1v) is 6.78. The van der Waals surface area contributed by atoms with E-state index in [2.05, 4.69) is 24.1 Å². The van der Waals surface area contributed by atoms with Gasteiger partial charge in [-0.15, -0.1) is 0 Å². The SMILES string of the molecule is Cn1c(Cl)cnc1CNCCC(C)(C)CCC(=O)O. The molecule has 0 fully saturated rings. The molecule has 1 heterocycles. The summed E-state index contributed by atoms with van der Waals surface area (Å²) in [6, 6.07) is 0. The molecule has 5 nitrogen and oxygen atoms in total. The summed E-state index contributed by atoms with van der Waals surface area (Å²) in [4.78, 5) is 14.8. The number of aromatic nitrogens is 2. The van der Waals surface area contributed by atoms with E-state index in [1.54, 1.807) is 6.20 Å². The quantitative estimate of drug-likeness (QED) is 0.721. The van der Waals surface area contributed by atoms with Gasteiger partial charge in [0.2, 0.25) is 0 Å². The van der Waals surface area contributed by atoms with Gasteiger partial charge in [-0.3, -0.25) is 4.79 Å². The van der Waals surface area contributed by atoms with Crippen LogP contribution in [0.25, 0.3) is 0 Å². The lowest BCUT2D eigenvalue weighted by atomic mass is 9.84. The van der Waals surface area contributed by atoms with Gasteiger partial charge in [-0.2, -0.15) is 0 Å². The first kappa shape index (κ1) is 16.0. The summed E-state index contributed by atoms with van der Waals surface area (Å²) in [6.45, 7) is 5.68. The highest BCUT2D eigenvalue weighted by molar-refractivity contribution is 6.29. The molecule has 1 aromatic heterocycles. The van der Waals surface area contributed by atoms with E-state index in [1.165, 1.54) is 0 Å². The van der Waals surface area contributed by atoms with Gasteiger partial charge < -0.3 is 15.0 Å². The molecule has 0 spiro atoms. The number of nitrogens with one attached hydrogen (secondary N) is 1. The van der Waals surface area contributed by atoms with E-state index in [9.17, 15) is 4.79 Å². The Bertz CT molecular complexity index is 430. The number of carboxylic acids is 1. The average Bonchev–Trinajstić information content (AvgIpc) is 2.64. The van der Waals surface area contributed by atoms with Gasteiger partial charge in [-0.05, 0) is 24.8 Å². The third kappa shape index (κ3) is 5.61. The van der Waals surface area contributed by atoms with Crippen LogP contribution in [-0.4, -0.2) is 27.2 Å². The molecular weight excluding hydrogens is 266 g/mol. The van der Waals surface area contributed by atoms with Gasteiger partial charge in [0.15, 0.2) is 0 Å². The van der Waals surface area contributed by atoms with Crippen LogP contribution in [0.4, 0.5) is 0 Å². The van der Waals surface area contributed by atoms with E-state index < -0.39 is 5.97 Å². The Morgan fingerprint density at radius 1 is 1.53 bits per heavy atom. The van der Waals surface area contributed by atoms with Gasteiger partial charge in [-0.1, -0.05) is 25.4 Å². The molecule has 2 N–H and O–H groups in total. The highest BCUT2D eigenvalue weighted by Gasteiger charge is 2.18. The molecule has 0 saturated heterocycles. The van der Waals surface area contributed by atoms with Crippen LogP contribution in [0, 0.1) is 5.41 Å². The van der Waals surface area contributed by atoms with Crippen molar-refractivity contribution < 1.29 is 9.90 Å². The van der Waals surface area contributed by atoms with Crippen molar-refractivity contribution in [1.29, 1.82) is 0 Å². The van der Waals surface area contributed by atoms with Crippen LogP contribution in [0.3, 0.4) is 0 Å². The normalized spacial score (nSPS) is 11.8. The van der Waals surface area contributed by atoms with Crippen LogP contribution >= 0.6 is 11.6 Å². The third-order valence-electron chi connectivity index (χ3n) is 3.31. The van der Waals surface area contributed by atoms with Crippen LogP contribution < -0.4 is 5.32 Å². The lowest BCUT2D eigenvalue weighted by Crippen LogP contribution is -2.24. The van der Waals surface area contributed by atoms with Crippen molar-refractivity contribution in [3.05, 3.63) is 17.2 Å². The molecule has 1 aromatic rings. The second-order valence-corrected chi connectivity index (χ2v) is 5.93. The Kier molecular flexibility index (Phi) is 5.82. The molecule has 0 saturated carbocycles. The van der Waals surface area contributed by atoms with E-state index in [0.717, 1.165) is 18.8 Å². The van der Waals surface area contributed by atoms with E-state index in [1.807, 2.05) is 11.6 Å². The van der Waals surface area contributed by atoms with E-state index >= 15 is 0 Å². The van der Waals surface area contributed by atoms with E-state index in [0.29, 0.717) is 18.1 Å². The number of carbonyl (C=O) groups is 1. The first-order chi connectivity index (χ1) is 8.82. The molecule has 0 aliphatic rings. The maximum atomic E-state index is 10.6. The minimum atomic E-state index is -0.733. The fraction of sp³-hybridized carbons (Fsp3) is 0.692. The number of hydrogen-bond acceptors (Lipinski definition) is 3. The van der Waals surface area contributed by atoms with Gasteiger partial charge in [0.25, 0.3) is 0 Å². The van der Waals surface area contributed by atoms with Crippen LogP contribution in [0.5, 0.6) is 0 Å². The van der Waals surface area contributed by atoms with Crippen molar-refractivity contribution in [2.45, 2.75) is 39.7 Å². The van der Waals surface area contributed by atoms with Crippen molar-refractivity contribution in [3.63, 3.8) is 0 Å². The Labute approximate surface area is 119 Å². The van der Waals surface area contributed by atoms with Crippen LogP contribution in [0.2, 0.25) is 5.15 Å². The molecule has 6 heteroatoms. The van der Waals surface area contributed by atoms with Crippen LogP contribution in [0.15, 0.2) is 6.20 Å². The molecule has 0 aliphatic heterocycles. The Hall–Kier alpha value is -1.07. The van der Waals surface area contributed by atoms with E-state index in [-0.39, 0.29) is 11.8 Å². The minimum Gasteiger partial charge on any atom is -0.481 e. The predicted octanol–water partition coefficient (Wildman–Crippen LogP) is 2.44. The summed E-state index contributed by atoms with van der Waals surface area (Å²) in [7, 11) is 1.88. The largest absolute Gasteiger partial charge is 0.481 e. The highest BCUT2D eigenvalue weighted by atomic mass is 35.5. The van der Waals surface area contributed by atoms with Gasteiger partial charge >= 0.3 is 5.97 Å². The molecule has 0 aliphatic carbocycles. The molecular formula is C13H22ClN3O2. The number of hydrogen-bond donors (Lipinski definition) is 2. The topological polar surface area (TPSA) is 67.2 Å². The Morgan fingerprint density at radius 2 is 2.21 bits per heavy atom. The number of aliphatic carboxylic acids is 1. The van der Waals surface area contributed by atoms with Gasteiger partial charge in [0, 0.05) is 13.5 Å². The van der Waals surface area contributed by atoms with Crippen molar-refractivity contribution in [3.8, 4) is 0 Å². The standard InChI is InChI=1S/C13H22ClN3O2/c1-13(2,5-4-12(18)19)6-7-15-9-11-16-8-10(14)17(11)3/h8,15H,4-7,9H2,1-3H3,(H,18,19). The molecule has 0 bridgehead atoms. The molecule has 1 rings (SSSR count). The van der Waals surface area contributed by atoms with Crippen molar-refractivity contribution in [1.82, 2.24) is 14.9 Å². The Morgan fingerprint density at radius 3 is 2.74 bits per heavy atom.